The predicted octanol–water partition coefficient (Wildman–Crippen LogP) is 5.50. The highest BCUT2D eigenvalue weighted by Gasteiger charge is 2.75. The van der Waals surface area contributed by atoms with E-state index in [-0.39, 0.29) is 11.9 Å². The van der Waals surface area contributed by atoms with E-state index in [1.54, 1.807) is 0 Å². The first kappa shape index (κ1) is 20.6. The largest absolute Gasteiger partial charge is 0.477 e. The number of alkyl halides is 7. The molecule has 4 nitrogen and oxygen atoms in total. The molecule has 0 aromatic heterocycles. The van der Waals surface area contributed by atoms with E-state index in [0.29, 0.717) is 12.1 Å². The van der Waals surface area contributed by atoms with Crippen molar-refractivity contribution in [3.8, 4) is 5.75 Å². The zero-order chi connectivity index (χ0) is 19.1. The Morgan fingerprint density at radius 3 is 1.96 bits per heavy atom. The highest BCUT2D eigenvalue weighted by molar-refractivity contribution is 6.42. The fourth-order valence-electron chi connectivity index (χ4n) is 1.46. The van der Waals surface area contributed by atoms with E-state index in [4.69, 9.17) is 23.2 Å². The number of rotatable bonds is 5. The van der Waals surface area contributed by atoms with Crippen LogP contribution >= 0.6 is 23.2 Å². The van der Waals surface area contributed by atoms with Gasteiger partial charge in [0.2, 0.25) is 0 Å². The molecular formula is C11H6Cl2F7NO3. The maximum absolute atomic E-state index is 13.5. The summed E-state index contributed by atoms with van der Waals surface area (Å²) in [5, 5.41) is 9.98. The Kier molecular flexibility index (Phi) is 5.51. The van der Waals surface area contributed by atoms with Gasteiger partial charge in [-0.25, -0.2) is 0 Å². The number of halogens is 9. The molecule has 1 unspecified atom stereocenters. The van der Waals surface area contributed by atoms with Gasteiger partial charge in [-0.05, 0) is 6.92 Å². The predicted molar refractivity (Wildman–Crippen MR) is 69.2 cm³/mol. The fraction of sp³-hybridized carbons (Fsp3) is 0.455. The topological polar surface area (TPSA) is 52.4 Å². The maximum Gasteiger partial charge on any atom is 0.460 e. The van der Waals surface area contributed by atoms with Gasteiger partial charge in [0.25, 0.3) is 0 Å². The molecular weight excluding hydrogens is 398 g/mol. The molecule has 0 N–H and O–H groups in total. The van der Waals surface area contributed by atoms with Crippen molar-refractivity contribution < 1.29 is 40.4 Å². The van der Waals surface area contributed by atoms with Crippen molar-refractivity contribution >= 4 is 28.9 Å². The fourth-order valence-corrected chi connectivity index (χ4v) is 1.78. The lowest BCUT2D eigenvalue weighted by atomic mass is 10.1. The van der Waals surface area contributed by atoms with Gasteiger partial charge in [0.15, 0.2) is 11.9 Å². The highest BCUT2D eigenvalue weighted by atomic mass is 35.5. The molecule has 136 valence electrons. The number of nitrogens with zero attached hydrogens (tertiary/aromatic N) is 1. The van der Waals surface area contributed by atoms with Crippen LogP contribution in [0.2, 0.25) is 10.0 Å². The number of nitro groups is 1. The van der Waals surface area contributed by atoms with Gasteiger partial charge in [0, 0.05) is 12.1 Å². The third-order valence-electron chi connectivity index (χ3n) is 2.79. The standard InChI is InChI=1S/C11H6Cl2F7NO3/c1-4(9(14,15)10(16,17)11(18,19)20)24-8-3-6(13)5(12)2-7(8)21(22)23/h2-4H,1H3. The molecule has 0 radical (unpaired) electrons. The molecule has 13 heteroatoms. The minimum atomic E-state index is -6.56. The Morgan fingerprint density at radius 1 is 1.08 bits per heavy atom. The summed E-state index contributed by atoms with van der Waals surface area (Å²) in [6.07, 6.45) is -9.64. The molecule has 0 aliphatic heterocycles. The van der Waals surface area contributed by atoms with Gasteiger partial charge in [0.1, 0.15) is 0 Å². The first-order valence-electron chi connectivity index (χ1n) is 5.75. The van der Waals surface area contributed by atoms with Gasteiger partial charge in [0.05, 0.1) is 15.0 Å². The minimum absolute atomic E-state index is 0.200. The molecule has 0 saturated carbocycles. The van der Waals surface area contributed by atoms with E-state index in [0.717, 1.165) is 0 Å². The average molecular weight is 404 g/mol. The van der Waals surface area contributed by atoms with Crippen LogP contribution in [-0.2, 0) is 0 Å². The van der Waals surface area contributed by atoms with Crippen LogP contribution in [0.4, 0.5) is 36.4 Å². The maximum atomic E-state index is 13.5. The monoisotopic (exact) mass is 403 g/mol. The summed E-state index contributed by atoms with van der Waals surface area (Å²) in [5.41, 5.74) is -1.04. The second kappa shape index (κ2) is 6.43. The second-order valence-electron chi connectivity index (χ2n) is 4.45. The van der Waals surface area contributed by atoms with Gasteiger partial charge in [-0.15, -0.1) is 0 Å². The Bertz CT molecular complexity index is 651. The third kappa shape index (κ3) is 3.61. The number of nitro benzene ring substituents is 1. The number of ether oxygens (including phenoxy) is 1. The number of hydrogen-bond donors (Lipinski definition) is 0. The Labute approximate surface area is 139 Å². The number of benzene rings is 1. The average Bonchev–Trinajstić information content (AvgIpc) is 2.40. The van der Waals surface area contributed by atoms with Crippen molar-refractivity contribution in [1.29, 1.82) is 0 Å². The van der Waals surface area contributed by atoms with Crippen LogP contribution in [0.5, 0.6) is 5.75 Å². The lowest BCUT2D eigenvalue weighted by molar-refractivity contribution is -0.387. The van der Waals surface area contributed by atoms with Crippen molar-refractivity contribution in [1.82, 2.24) is 0 Å². The summed E-state index contributed by atoms with van der Waals surface area (Å²) in [7, 11) is 0. The van der Waals surface area contributed by atoms with Gasteiger partial charge < -0.3 is 4.74 Å². The highest BCUT2D eigenvalue weighted by Crippen LogP contribution is 2.49. The molecule has 0 heterocycles. The zero-order valence-electron chi connectivity index (χ0n) is 11.3. The van der Waals surface area contributed by atoms with Crippen LogP contribution in [0.1, 0.15) is 6.92 Å². The quantitative estimate of drug-likeness (QED) is 0.370. The summed E-state index contributed by atoms with van der Waals surface area (Å²) >= 11 is 11.0. The minimum Gasteiger partial charge on any atom is -0.477 e. The lowest BCUT2D eigenvalue weighted by Gasteiger charge is -2.32. The number of hydrogen-bond acceptors (Lipinski definition) is 3. The normalized spacial score (nSPS) is 14.4. The van der Waals surface area contributed by atoms with E-state index in [9.17, 15) is 40.8 Å². The van der Waals surface area contributed by atoms with Crippen LogP contribution in [0.3, 0.4) is 0 Å². The van der Waals surface area contributed by atoms with E-state index >= 15 is 0 Å². The molecule has 1 rings (SSSR count). The SMILES string of the molecule is CC(Oc1cc(Cl)c(Cl)cc1[N+](=O)[O-])C(F)(F)C(F)(F)C(F)(F)F. The Morgan fingerprint density at radius 2 is 1.54 bits per heavy atom. The molecule has 0 spiro atoms. The van der Waals surface area contributed by atoms with E-state index < -0.39 is 45.5 Å². The van der Waals surface area contributed by atoms with Gasteiger partial charge in [-0.3, -0.25) is 10.1 Å². The summed E-state index contributed by atoms with van der Waals surface area (Å²) in [4.78, 5) is 9.62. The molecule has 0 fully saturated rings. The molecule has 0 aliphatic carbocycles. The molecule has 1 atom stereocenters. The molecule has 0 bridgehead atoms. The Hall–Kier alpha value is -1.49. The van der Waals surface area contributed by atoms with Crippen molar-refractivity contribution in [3.63, 3.8) is 0 Å². The molecule has 1 aromatic rings. The summed E-state index contributed by atoms with van der Waals surface area (Å²) in [6, 6.07) is 1.13. The van der Waals surface area contributed by atoms with Gasteiger partial charge in [-0.2, -0.15) is 30.7 Å². The van der Waals surface area contributed by atoms with Crippen molar-refractivity contribution in [3.05, 3.63) is 32.3 Å². The lowest BCUT2D eigenvalue weighted by Crippen LogP contribution is -2.58. The van der Waals surface area contributed by atoms with Crippen LogP contribution in [0, 0.1) is 10.1 Å². The van der Waals surface area contributed by atoms with E-state index in [2.05, 4.69) is 4.74 Å². The van der Waals surface area contributed by atoms with Crippen LogP contribution in [-0.4, -0.2) is 29.0 Å². The van der Waals surface area contributed by atoms with Crippen molar-refractivity contribution in [2.24, 2.45) is 0 Å². The molecule has 0 amide bonds. The van der Waals surface area contributed by atoms with Crippen molar-refractivity contribution in [2.45, 2.75) is 31.0 Å². The smallest absolute Gasteiger partial charge is 0.460 e. The molecule has 0 saturated heterocycles. The second-order valence-corrected chi connectivity index (χ2v) is 5.26. The summed E-state index contributed by atoms with van der Waals surface area (Å²) in [6.45, 7) is 0.200. The Balaban J connectivity index is 3.27. The first-order chi connectivity index (χ1) is 10.6. The van der Waals surface area contributed by atoms with Gasteiger partial charge >= 0.3 is 23.7 Å². The first-order valence-corrected chi connectivity index (χ1v) is 6.51. The van der Waals surface area contributed by atoms with E-state index in [1.807, 2.05) is 0 Å². The molecule has 24 heavy (non-hydrogen) atoms. The van der Waals surface area contributed by atoms with Crippen LogP contribution in [0.25, 0.3) is 0 Å². The van der Waals surface area contributed by atoms with Crippen LogP contribution in [0.15, 0.2) is 12.1 Å². The van der Waals surface area contributed by atoms with Gasteiger partial charge in [-0.1, -0.05) is 23.2 Å². The van der Waals surface area contributed by atoms with Crippen LogP contribution < -0.4 is 4.74 Å². The molecule has 0 aliphatic rings. The third-order valence-corrected chi connectivity index (χ3v) is 3.51. The summed E-state index contributed by atoms with van der Waals surface area (Å²) < 4.78 is 93.4. The molecule has 1 aromatic carbocycles. The van der Waals surface area contributed by atoms with Crippen molar-refractivity contribution in [2.75, 3.05) is 0 Å². The summed E-state index contributed by atoms with van der Waals surface area (Å²) in [5.74, 6) is -13.2. The van der Waals surface area contributed by atoms with E-state index in [1.165, 1.54) is 0 Å². The zero-order valence-corrected chi connectivity index (χ0v) is 12.8.